The van der Waals surface area contributed by atoms with Gasteiger partial charge in [-0.05, 0) is 67.6 Å². The molecule has 0 aromatic heterocycles. The monoisotopic (exact) mass is 588 g/mol. The van der Waals surface area contributed by atoms with Crippen LogP contribution in [0.15, 0.2) is 56.7 Å². The number of aromatic carboxylic acids is 1. The molecule has 2 aromatic carbocycles. The van der Waals surface area contributed by atoms with E-state index in [1.54, 1.807) is 40.1 Å². The van der Waals surface area contributed by atoms with Gasteiger partial charge in [-0.3, -0.25) is 14.6 Å². The lowest BCUT2D eigenvalue weighted by atomic mass is 9.88. The summed E-state index contributed by atoms with van der Waals surface area (Å²) in [5, 5.41) is 39.0. The molecule has 2 aliphatic rings. The summed E-state index contributed by atoms with van der Waals surface area (Å²) < 4.78 is 5.93. The number of carbonyl (C=O) groups excluding carboxylic acids is 1. The van der Waals surface area contributed by atoms with Crippen LogP contribution < -0.4 is 21.4 Å². The smallest absolute Gasteiger partial charge is 0.336 e. The molecule has 0 bridgehead atoms. The summed E-state index contributed by atoms with van der Waals surface area (Å²) >= 11 is 0. The number of aliphatic carboxylic acids is 1. The van der Waals surface area contributed by atoms with Crippen LogP contribution in [0.1, 0.15) is 44.7 Å². The van der Waals surface area contributed by atoms with Crippen molar-refractivity contribution in [2.75, 3.05) is 20.6 Å². The zero-order valence-corrected chi connectivity index (χ0v) is 24.1. The van der Waals surface area contributed by atoms with Gasteiger partial charge in [0.05, 0.1) is 5.56 Å². The molecule has 0 spiro atoms. The fourth-order valence-corrected chi connectivity index (χ4v) is 4.83. The number of nitrogens with one attached hydrogen (secondary N) is 3. The number of carboxylic acid groups (broad SMARTS) is 2. The number of fused-ring (bicyclic) bond motifs is 2. The van der Waals surface area contributed by atoms with E-state index in [1.807, 2.05) is 0 Å². The van der Waals surface area contributed by atoms with Crippen LogP contribution in [0.3, 0.4) is 0 Å². The molecule has 0 fully saturated rings. The first kappa shape index (κ1) is 30.6. The number of aryl methyl sites for hydroxylation is 2. The minimum atomic E-state index is -1.32. The van der Waals surface area contributed by atoms with E-state index in [9.17, 15) is 34.5 Å². The average molecular weight is 589 g/mol. The lowest BCUT2D eigenvalue weighted by Gasteiger charge is -2.19. The van der Waals surface area contributed by atoms with Crippen LogP contribution in [0.2, 0.25) is 0 Å². The Labute approximate surface area is 246 Å². The van der Waals surface area contributed by atoms with Crippen molar-refractivity contribution in [3.63, 3.8) is 0 Å². The number of rotatable bonds is 9. The highest BCUT2D eigenvalue weighted by Crippen LogP contribution is 2.43. The molecule has 43 heavy (non-hydrogen) atoms. The van der Waals surface area contributed by atoms with Gasteiger partial charge < -0.3 is 35.7 Å². The molecule has 1 amide bonds. The van der Waals surface area contributed by atoms with Crippen LogP contribution in [0.25, 0.3) is 33.4 Å². The molecule has 0 saturated carbocycles. The van der Waals surface area contributed by atoms with Crippen LogP contribution in [-0.4, -0.2) is 65.8 Å². The number of aromatic hydroxyl groups is 1. The van der Waals surface area contributed by atoms with Crippen molar-refractivity contribution in [2.24, 2.45) is 4.99 Å². The van der Waals surface area contributed by atoms with E-state index in [2.05, 4.69) is 20.9 Å². The summed E-state index contributed by atoms with van der Waals surface area (Å²) in [7, 11) is 3.29. The Morgan fingerprint density at radius 3 is 2.40 bits per heavy atom. The summed E-state index contributed by atoms with van der Waals surface area (Å²) in [6, 6.07) is 8.85. The quantitative estimate of drug-likeness (QED) is 0.0732. The number of carboxylic acids is 2. The van der Waals surface area contributed by atoms with Crippen LogP contribution >= 0.6 is 0 Å². The number of benzene rings is 3. The van der Waals surface area contributed by atoms with Crippen molar-refractivity contribution in [1.29, 1.82) is 0 Å². The van der Waals surface area contributed by atoms with E-state index in [0.29, 0.717) is 46.6 Å². The fourth-order valence-electron chi connectivity index (χ4n) is 4.83. The molecule has 2 aromatic rings. The Bertz CT molecular complexity index is 1790. The molecule has 1 aliphatic carbocycles. The topological polar surface area (TPSA) is 191 Å². The van der Waals surface area contributed by atoms with Crippen LogP contribution in [0.4, 0.5) is 0 Å². The molecule has 224 valence electrons. The summed E-state index contributed by atoms with van der Waals surface area (Å²) in [4.78, 5) is 53.9. The van der Waals surface area contributed by atoms with Crippen molar-refractivity contribution in [3.05, 3.63) is 74.9 Å². The predicted molar refractivity (Wildman–Crippen MR) is 161 cm³/mol. The van der Waals surface area contributed by atoms with Crippen LogP contribution in [-0.2, 0) is 4.79 Å². The van der Waals surface area contributed by atoms with Crippen LogP contribution in [0, 0.1) is 13.8 Å². The minimum Gasteiger partial charge on any atom is -0.508 e. The molecule has 12 nitrogen and oxygen atoms in total. The third-order valence-corrected chi connectivity index (χ3v) is 7.14. The molecule has 4 rings (SSSR count). The van der Waals surface area contributed by atoms with Gasteiger partial charge in [-0.15, -0.1) is 0 Å². The SMILES string of the molecule is CN=C(NC)NCCC[C@H](NC(=O)c1ccc(-c2c3cc(C)c(=O)cc-3oc3cc(O)c(C)cc23)c(C(=O)O)c1)C(=O)O. The second-order valence-corrected chi connectivity index (χ2v) is 10.0. The minimum absolute atomic E-state index is 0.0359. The second-order valence-electron chi connectivity index (χ2n) is 10.0. The number of amides is 1. The van der Waals surface area contributed by atoms with Gasteiger partial charge in [0, 0.05) is 54.8 Å². The van der Waals surface area contributed by atoms with Crippen LogP contribution in [0.5, 0.6) is 5.75 Å². The van der Waals surface area contributed by atoms with Gasteiger partial charge in [-0.1, -0.05) is 6.07 Å². The highest BCUT2D eigenvalue weighted by molar-refractivity contribution is 6.09. The number of guanidine groups is 1. The molecule has 1 heterocycles. The van der Waals surface area contributed by atoms with E-state index >= 15 is 0 Å². The maximum absolute atomic E-state index is 13.1. The molecular weight excluding hydrogens is 556 g/mol. The van der Waals surface area contributed by atoms with E-state index in [0.717, 1.165) is 0 Å². The van der Waals surface area contributed by atoms with Gasteiger partial charge in [0.1, 0.15) is 23.1 Å². The fraction of sp³-hybridized carbons (Fsp3) is 0.258. The Hall–Kier alpha value is -5.39. The number of phenols is 1. The number of phenolic OH excluding ortho intramolecular Hbond substituents is 1. The van der Waals surface area contributed by atoms with E-state index in [-0.39, 0.29) is 45.6 Å². The van der Waals surface area contributed by atoms with E-state index < -0.39 is 23.9 Å². The number of carbonyl (C=O) groups is 3. The van der Waals surface area contributed by atoms with Crippen molar-refractivity contribution < 1.29 is 34.1 Å². The van der Waals surface area contributed by atoms with Gasteiger partial charge in [0.15, 0.2) is 11.4 Å². The lowest BCUT2D eigenvalue weighted by Crippen LogP contribution is -2.42. The Kier molecular flexibility index (Phi) is 8.98. The number of hydrogen-bond acceptors (Lipinski definition) is 7. The van der Waals surface area contributed by atoms with Gasteiger partial charge in [0.2, 0.25) is 0 Å². The Morgan fingerprint density at radius 2 is 1.74 bits per heavy atom. The maximum Gasteiger partial charge on any atom is 0.336 e. The van der Waals surface area contributed by atoms with Crippen molar-refractivity contribution >= 4 is 34.8 Å². The van der Waals surface area contributed by atoms with E-state index in [1.165, 1.54) is 30.3 Å². The highest BCUT2D eigenvalue weighted by atomic mass is 16.4. The highest BCUT2D eigenvalue weighted by Gasteiger charge is 2.26. The Balaban J connectivity index is 1.74. The summed E-state index contributed by atoms with van der Waals surface area (Å²) in [6.07, 6.45) is 0.535. The number of hydrogen-bond donors (Lipinski definition) is 6. The predicted octanol–water partition coefficient (Wildman–Crippen LogP) is 3.34. The molecule has 0 radical (unpaired) electrons. The first-order valence-corrected chi connectivity index (χ1v) is 13.5. The number of nitrogens with zero attached hydrogens (tertiary/aromatic N) is 1. The summed E-state index contributed by atoms with van der Waals surface area (Å²) in [5.74, 6) is -2.58. The summed E-state index contributed by atoms with van der Waals surface area (Å²) in [5.41, 5.74) is 1.82. The third kappa shape index (κ3) is 6.43. The zero-order valence-electron chi connectivity index (χ0n) is 24.1. The maximum atomic E-state index is 13.1. The van der Waals surface area contributed by atoms with Gasteiger partial charge in [-0.25, -0.2) is 9.59 Å². The zero-order chi connectivity index (χ0) is 31.4. The standard InChI is InChI=1S/C31H32N4O8/c1-15-10-20-25(13-23(15)36)43-26-14-24(37)16(2)11-21(26)27(20)18-8-7-17(12-19(18)29(39)40)28(38)35-22(30(41)42)6-5-9-34-31(32-3)33-4/h7-8,10-14,22,36H,5-6,9H2,1-4H3,(H,35,38)(H,39,40)(H,41,42)(H2,32,33,34)/t22-/m0/s1. The van der Waals surface area contributed by atoms with Crippen molar-refractivity contribution in [1.82, 2.24) is 16.0 Å². The van der Waals surface area contributed by atoms with Gasteiger partial charge in [-0.2, -0.15) is 0 Å². The molecule has 0 unspecified atom stereocenters. The molecule has 6 N–H and O–H groups in total. The van der Waals surface area contributed by atoms with E-state index in [4.69, 9.17) is 4.42 Å². The molecule has 1 aliphatic heterocycles. The van der Waals surface area contributed by atoms with Crippen molar-refractivity contribution in [2.45, 2.75) is 32.7 Å². The van der Waals surface area contributed by atoms with Crippen molar-refractivity contribution in [3.8, 4) is 28.2 Å². The van der Waals surface area contributed by atoms with Gasteiger partial charge in [0.25, 0.3) is 5.91 Å². The lowest BCUT2D eigenvalue weighted by molar-refractivity contribution is -0.139. The molecular formula is C31H32N4O8. The second kappa shape index (κ2) is 12.6. The largest absolute Gasteiger partial charge is 0.508 e. The summed E-state index contributed by atoms with van der Waals surface area (Å²) in [6.45, 7) is 3.74. The molecule has 1 atom stereocenters. The average Bonchev–Trinajstić information content (AvgIpc) is 2.96. The molecule has 0 saturated heterocycles. The van der Waals surface area contributed by atoms with Gasteiger partial charge >= 0.3 is 11.9 Å². The first-order chi connectivity index (χ1) is 20.4. The third-order valence-electron chi connectivity index (χ3n) is 7.14. The normalized spacial score (nSPS) is 12.2. The number of aliphatic imine (C=N–C) groups is 1. The first-order valence-electron chi connectivity index (χ1n) is 13.5. The molecule has 12 heteroatoms. The Morgan fingerprint density at radius 1 is 1.00 bits per heavy atom.